The Bertz CT molecular complexity index is 315. The normalized spacial score (nSPS) is 17.6. The molecular formula is C13H23N3. The van der Waals surface area contributed by atoms with Gasteiger partial charge in [0.15, 0.2) is 0 Å². The van der Waals surface area contributed by atoms with Crippen molar-refractivity contribution in [1.29, 1.82) is 0 Å². The molecule has 3 heteroatoms. The first-order valence-electron chi connectivity index (χ1n) is 6.51. The molecule has 90 valence electrons. The van der Waals surface area contributed by atoms with E-state index in [0.717, 1.165) is 24.9 Å². The van der Waals surface area contributed by atoms with Crippen molar-refractivity contribution >= 4 is 0 Å². The van der Waals surface area contributed by atoms with Crippen LogP contribution in [0.25, 0.3) is 0 Å². The first kappa shape index (κ1) is 11.6. The fourth-order valence-corrected chi connectivity index (χ4v) is 2.25. The molecule has 1 aromatic heterocycles. The largest absolute Gasteiger partial charge is 0.338 e. The highest BCUT2D eigenvalue weighted by atomic mass is 15.0. The van der Waals surface area contributed by atoms with Crippen molar-refractivity contribution in [3.63, 3.8) is 0 Å². The molecule has 1 heterocycles. The van der Waals surface area contributed by atoms with E-state index in [1.807, 2.05) is 12.4 Å². The Kier molecular flexibility index (Phi) is 3.99. The molecule has 1 saturated carbocycles. The molecule has 1 unspecified atom stereocenters. The lowest BCUT2D eigenvalue weighted by atomic mass is 10.1. The molecule has 0 bridgehead atoms. The molecule has 16 heavy (non-hydrogen) atoms. The molecule has 0 aromatic carbocycles. The van der Waals surface area contributed by atoms with E-state index >= 15 is 0 Å². The number of rotatable bonds is 7. The summed E-state index contributed by atoms with van der Waals surface area (Å²) in [5.74, 6) is 2.15. The lowest BCUT2D eigenvalue weighted by Gasteiger charge is -2.17. The van der Waals surface area contributed by atoms with Crippen molar-refractivity contribution in [2.75, 3.05) is 6.54 Å². The van der Waals surface area contributed by atoms with Gasteiger partial charge in [-0.25, -0.2) is 4.98 Å². The number of nitrogens with one attached hydrogen (secondary N) is 1. The Labute approximate surface area is 98.3 Å². The Hall–Kier alpha value is -0.830. The maximum Gasteiger partial charge on any atom is 0.108 e. The predicted octanol–water partition coefficient (Wildman–Crippen LogP) is 2.13. The van der Waals surface area contributed by atoms with Crippen LogP contribution >= 0.6 is 0 Å². The molecule has 0 amide bonds. The Balaban J connectivity index is 1.79. The van der Waals surface area contributed by atoms with E-state index in [4.69, 9.17) is 0 Å². The van der Waals surface area contributed by atoms with Crippen LogP contribution in [0, 0.1) is 5.92 Å². The lowest BCUT2D eigenvalue weighted by Crippen LogP contribution is -2.32. The minimum atomic E-state index is 0.719. The number of hydrogen-bond donors (Lipinski definition) is 1. The smallest absolute Gasteiger partial charge is 0.108 e. The topological polar surface area (TPSA) is 29.9 Å². The molecule has 0 saturated heterocycles. The molecule has 0 aliphatic heterocycles. The van der Waals surface area contributed by atoms with Gasteiger partial charge in [-0.05, 0) is 38.1 Å². The van der Waals surface area contributed by atoms with E-state index in [2.05, 4.69) is 28.8 Å². The van der Waals surface area contributed by atoms with Crippen LogP contribution < -0.4 is 5.32 Å². The first-order chi connectivity index (χ1) is 7.81. The molecule has 1 fully saturated rings. The van der Waals surface area contributed by atoms with Crippen LogP contribution in [0.2, 0.25) is 0 Å². The fraction of sp³-hybridized carbons (Fsp3) is 0.769. The van der Waals surface area contributed by atoms with Gasteiger partial charge in [0.1, 0.15) is 5.82 Å². The van der Waals surface area contributed by atoms with Crippen molar-refractivity contribution in [1.82, 2.24) is 14.9 Å². The van der Waals surface area contributed by atoms with Gasteiger partial charge in [-0.2, -0.15) is 0 Å². The zero-order chi connectivity index (χ0) is 11.4. The number of aryl methyl sites for hydroxylation is 2. The molecular weight excluding hydrogens is 198 g/mol. The monoisotopic (exact) mass is 221 g/mol. The molecule has 0 radical (unpaired) electrons. The predicted molar refractivity (Wildman–Crippen MR) is 66.3 cm³/mol. The van der Waals surface area contributed by atoms with Crippen molar-refractivity contribution in [3.05, 3.63) is 18.2 Å². The summed E-state index contributed by atoms with van der Waals surface area (Å²) in [5, 5.41) is 3.68. The molecule has 1 N–H and O–H groups in total. The molecule has 1 atom stereocenters. The Morgan fingerprint density at radius 1 is 1.56 bits per heavy atom. The Morgan fingerprint density at radius 2 is 2.38 bits per heavy atom. The third-order valence-corrected chi connectivity index (χ3v) is 3.45. The van der Waals surface area contributed by atoms with E-state index in [1.54, 1.807) is 0 Å². The van der Waals surface area contributed by atoms with Crippen molar-refractivity contribution in [2.24, 2.45) is 13.0 Å². The van der Waals surface area contributed by atoms with Gasteiger partial charge >= 0.3 is 0 Å². The second-order valence-electron chi connectivity index (χ2n) is 4.89. The van der Waals surface area contributed by atoms with Crippen LogP contribution in [0.4, 0.5) is 0 Å². The second kappa shape index (κ2) is 5.48. The second-order valence-corrected chi connectivity index (χ2v) is 4.89. The van der Waals surface area contributed by atoms with E-state index in [9.17, 15) is 0 Å². The minimum absolute atomic E-state index is 0.719. The van der Waals surface area contributed by atoms with Crippen LogP contribution in [-0.4, -0.2) is 22.1 Å². The van der Waals surface area contributed by atoms with Gasteiger partial charge in [-0.1, -0.05) is 6.92 Å². The summed E-state index contributed by atoms with van der Waals surface area (Å²) in [4.78, 5) is 4.38. The fourth-order valence-electron chi connectivity index (χ4n) is 2.25. The van der Waals surface area contributed by atoms with Gasteiger partial charge in [-0.3, -0.25) is 0 Å². The lowest BCUT2D eigenvalue weighted by molar-refractivity contribution is 0.430. The number of nitrogens with zero attached hydrogens (tertiary/aromatic N) is 2. The highest BCUT2D eigenvalue weighted by Gasteiger charge is 2.30. The van der Waals surface area contributed by atoms with Crippen LogP contribution in [-0.2, 0) is 13.5 Å². The summed E-state index contributed by atoms with van der Waals surface area (Å²) in [5.41, 5.74) is 0. The summed E-state index contributed by atoms with van der Waals surface area (Å²) < 4.78 is 2.13. The molecule has 1 aliphatic carbocycles. The number of hydrogen-bond acceptors (Lipinski definition) is 2. The van der Waals surface area contributed by atoms with Gasteiger partial charge in [0.2, 0.25) is 0 Å². The summed E-state index contributed by atoms with van der Waals surface area (Å²) in [7, 11) is 2.08. The first-order valence-corrected chi connectivity index (χ1v) is 6.51. The van der Waals surface area contributed by atoms with Gasteiger partial charge in [0.25, 0.3) is 0 Å². The summed E-state index contributed by atoms with van der Waals surface area (Å²) >= 11 is 0. The maximum atomic E-state index is 4.38. The van der Waals surface area contributed by atoms with E-state index in [-0.39, 0.29) is 0 Å². The van der Waals surface area contributed by atoms with Crippen molar-refractivity contribution in [3.8, 4) is 0 Å². The highest BCUT2D eigenvalue weighted by molar-refractivity contribution is 4.94. The molecule has 0 spiro atoms. The molecule has 3 nitrogen and oxygen atoms in total. The zero-order valence-corrected chi connectivity index (χ0v) is 10.4. The van der Waals surface area contributed by atoms with E-state index < -0.39 is 0 Å². The summed E-state index contributed by atoms with van der Waals surface area (Å²) in [6, 6.07) is 0.719. The van der Waals surface area contributed by atoms with Gasteiger partial charge in [-0.15, -0.1) is 0 Å². The third kappa shape index (κ3) is 3.08. The van der Waals surface area contributed by atoms with E-state index in [0.29, 0.717) is 0 Å². The standard InChI is InChI=1S/C13H23N3/c1-3-8-14-12(11-4-5-11)6-7-13-15-9-10-16(13)2/h9-12,14H,3-8H2,1-2H3. The van der Waals surface area contributed by atoms with Gasteiger partial charge < -0.3 is 9.88 Å². The SMILES string of the molecule is CCCNC(CCc1nccn1C)C1CC1. The average molecular weight is 221 g/mol. The highest BCUT2D eigenvalue weighted by Crippen LogP contribution is 2.34. The molecule has 1 aromatic rings. The van der Waals surface area contributed by atoms with Gasteiger partial charge in [0.05, 0.1) is 0 Å². The third-order valence-electron chi connectivity index (χ3n) is 3.45. The zero-order valence-electron chi connectivity index (χ0n) is 10.4. The summed E-state index contributed by atoms with van der Waals surface area (Å²) in [6.07, 6.45) is 10.3. The molecule has 2 rings (SSSR count). The van der Waals surface area contributed by atoms with Crippen LogP contribution in [0.3, 0.4) is 0 Å². The van der Waals surface area contributed by atoms with Gasteiger partial charge in [0, 0.05) is 31.9 Å². The number of aromatic nitrogens is 2. The van der Waals surface area contributed by atoms with Crippen LogP contribution in [0.5, 0.6) is 0 Å². The minimum Gasteiger partial charge on any atom is -0.338 e. The molecule has 1 aliphatic rings. The quantitative estimate of drug-likeness (QED) is 0.764. The average Bonchev–Trinajstić information content (AvgIpc) is 3.04. The summed E-state index contributed by atoms with van der Waals surface area (Å²) in [6.45, 7) is 3.39. The van der Waals surface area contributed by atoms with Crippen LogP contribution in [0.15, 0.2) is 12.4 Å². The number of imidazole rings is 1. The van der Waals surface area contributed by atoms with E-state index in [1.165, 1.54) is 31.5 Å². The van der Waals surface area contributed by atoms with Crippen LogP contribution in [0.1, 0.15) is 38.4 Å². The maximum absolute atomic E-state index is 4.38. The Morgan fingerprint density at radius 3 is 2.94 bits per heavy atom. The van der Waals surface area contributed by atoms with Crippen molar-refractivity contribution in [2.45, 2.75) is 45.1 Å². The van der Waals surface area contributed by atoms with Crippen molar-refractivity contribution < 1.29 is 0 Å².